The average molecular weight is 269 g/mol. The summed E-state index contributed by atoms with van der Waals surface area (Å²) >= 11 is 5.95. The van der Waals surface area contributed by atoms with E-state index in [0.29, 0.717) is 5.56 Å². The van der Waals surface area contributed by atoms with E-state index < -0.39 is 10.7 Å². The molecule has 6 heteroatoms. The van der Waals surface area contributed by atoms with Crippen molar-refractivity contribution in [3.8, 4) is 0 Å². The Hall–Kier alpha value is -1.75. The Labute approximate surface area is 108 Å². The SMILES string of the molecule is CC(C)c1cc2c([N+](=O)[O-])ccc(F)c2nc1Cl. The number of aromatic nitrogens is 1. The van der Waals surface area contributed by atoms with Gasteiger partial charge in [0.1, 0.15) is 16.5 Å². The van der Waals surface area contributed by atoms with E-state index in [-0.39, 0.29) is 27.7 Å². The Kier molecular flexibility index (Phi) is 3.17. The lowest BCUT2D eigenvalue weighted by molar-refractivity contribution is -0.383. The predicted molar refractivity (Wildman–Crippen MR) is 67.5 cm³/mol. The molecule has 0 spiro atoms. The highest BCUT2D eigenvalue weighted by Gasteiger charge is 2.19. The molecule has 0 aliphatic heterocycles. The van der Waals surface area contributed by atoms with Crippen molar-refractivity contribution in [2.75, 3.05) is 0 Å². The zero-order valence-electron chi connectivity index (χ0n) is 9.78. The third-order valence-electron chi connectivity index (χ3n) is 2.71. The van der Waals surface area contributed by atoms with E-state index in [4.69, 9.17) is 11.6 Å². The maximum Gasteiger partial charge on any atom is 0.278 e. The molecule has 0 amide bonds. The Morgan fingerprint density at radius 1 is 1.44 bits per heavy atom. The van der Waals surface area contributed by atoms with E-state index in [1.807, 2.05) is 13.8 Å². The highest BCUT2D eigenvalue weighted by molar-refractivity contribution is 6.30. The van der Waals surface area contributed by atoms with Crippen LogP contribution in [0.3, 0.4) is 0 Å². The van der Waals surface area contributed by atoms with Gasteiger partial charge in [0.2, 0.25) is 0 Å². The number of pyridine rings is 1. The molecule has 0 saturated heterocycles. The number of nitro benzene ring substituents is 1. The molecule has 0 bridgehead atoms. The van der Waals surface area contributed by atoms with Crippen LogP contribution in [0.15, 0.2) is 18.2 Å². The van der Waals surface area contributed by atoms with Crippen LogP contribution in [0.2, 0.25) is 5.15 Å². The Bertz CT molecular complexity index is 644. The topological polar surface area (TPSA) is 56.0 Å². The molecule has 0 radical (unpaired) electrons. The smallest absolute Gasteiger partial charge is 0.258 e. The summed E-state index contributed by atoms with van der Waals surface area (Å²) in [5, 5.41) is 11.3. The summed E-state index contributed by atoms with van der Waals surface area (Å²) in [6.45, 7) is 3.78. The minimum atomic E-state index is -0.618. The summed E-state index contributed by atoms with van der Waals surface area (Å²) in [7, 11) is 0. The van der Waals surface area contributed by atoms with Crippen LogP contribution in [-0.4, -0.2) is 9.91 Å². The van der Waals surface area contributed by atoms with Gasteiger partial charge in [0.05, 0.1) is 10.3 Å². The molecule has 0 unspecified atom stereocenters. The number of nitro groups is 1. The largest absolute Gasteiger partial charge is 0.278 e. The van der Waals surface area contributed by atoms with Gasteiger partial charge in [-0.25, -0.2) is 9.37 Å². The summed E-state index contributed by atoms with van der Waals surface area (Å²) in [5.74, 6) is -0.565. The zero-order valence-corrected chi connectivity index (χ0v) is 10.5. The van der Waals surface area contributed by atoms with Crippen molar-refractivity contribution >= 4 is 28.2 Å². The fraction of sp³-hybridized carbons (Fsp3) is 0.250. The average Bonchev–Trinajstić information content (AvgIpc) is 2.28. The van der Waals surface area contributed by atoms with Crippen LogP contribution in [0.25, 0.3) is 10.9 Å². The molecule has 0 atom stereocenters. The molecule has 0 fully saturated rings. The number of benzene rings is 1. The van der Waals surface area contributed by atoms with Gasteiger partial charge in [-0.15, -0.1) is 0 Å². The fourth-order valence-corrected chi connectivity index (χ4v) is 2.13. The first-order chi connectivity index (χ1) is 8.41. The molecule has 1 aromatic heterocycles. The quantitative estimate of drug-likeness (QED) is 0.469. The van der Waals surface area contributed by atoms with Crippen LogP contribution in [0, 0.1) is 15.9 Å². The fourth-order valence-electron chi connectivity index (χ4n) is 1.77. The second kappa shape index (κ2) is 4.49. The number of fused-ring (bicyclic) bond motifs is 1. The van der Waals surface area contributed by atoms with Crippen molar-refractivity contribution in [1.82, 2.24) is 4.98 Å². The summed E-state index contributed by atoms with van der Waals surface area (Å²) in [5.41, 5.74) is 0.425. The number of rotatable bonds is 2. The van der Waals surface area contributed by atoms with Crippen molar-refractivity contribution < 1.29 is 9.31 Å². The second-order valence-electron chi connectivity index (χ2n) is 4.24. The van der Waals surface area contributed by atoms with Crippen LogP contribution in [0.5, 0.6) is 0 Å². The van der Waals surface area contributed by atoms with Crippen LogP contribution in [0.4, 0.5) is 10.1 Å². The molecule has 0 aliphatic rings. The Morgan fingerprint density at radius 3 is 2.67 bits per heavy atom. The van der Waals surface area contributed by atoms with Gasteiger partial charge in [-0.2, -0.15) is 0 Å². The molecular formula is C12H10ClFN2O2. The minimum Gasteiger partial charge on any atom is -0.258 e. The van der Waals surface area contributed by atoms with Gasteiger partial charge in [0, 0.05) is 6.07 Å². The number of halogens is 2. The molecule has 1 heterocycles. The normalized spacial score (nSPS) is 11.2. The first kappa shape index (κ1) is 12.7. The number of hydrogen-bond donors (Lipinski definition) is 0. The molecule has 0 N–H and O–H groups in total. The van der Waals surface area contributed by atoms with E-state index in [0.717, 1.165) is 12.1 Å². The highest BCUT2D eigenvalue weighted by Crippen LogP contribution is 2.32. The van der Waals surface area contributed by atoms with Gasteiger partial charge in [-0.1, -0.05) is 25.4 Å². The molecule has 2 aromatic rings. The zero-order chi connectivity index (χ0) is 13.4. The van der Waals surface area contributed by atoms with Gasteiger partial charge in [-0.3, -0.25) is 10.1 Å². The van der Waals surface area contributed by atoms with Crippen LogP contribution in [0.1, 0.15) is 25.3 Å². The lowest BCUT2D eigenvalue weighted by atomic mass is 10.0. The number of hydrogen-bond acceptors (Lipinski definition) is 3. The molecule has 1 aromatic carbocycles. The van der Waals surface area contributed by atoms with Crippen LogP contribution < -0.4 is 0 Å². The molecule has 18 heavy (non-hydrogen) atoms. The summed E-state index contributed by atoms with van der Waals surface area (Å²) < 4.78 is 13.6. The Balaban J connectivity index is 2.88. The van der Waals surface area contributed by atoms with E-state index in [1.165, 1.54) is 6.07 Å². The van der Waals surface area contributed by atoms with Gasteiger partial charge in [-0.05, 0) is 23.6 Å². The van der Waals surface area contributed by atoms with E-state index in [1.54, 1.807) is 0 Å². The van der Waals surface area contributed by atoms with Crippen molar-refractivity contribution in [1.29, 1.82) is 0 Å². The molecular weight excluding hydrogens is 259 g/mol. The lowest BCUT2D eigenvalue weighted by Gasteiger charge is -2.09. The predicted octanol–water partition coefficient (Wildman–Crippen LogP) is 4.06. The van der Waals surface area contributed by atoms with Crippen molar-refractivity contribution in [2.24, 2.45) is 0 Å². The number of nitrogens with zero attached hydrogens (tertiary/aromatic N) is 2. The van der Waals surface area contributed by atoms with Gasteiger partial charge in [0.25, 0.3) is 5.69 Å². The van der Waals surface area contributed by atoms with E-state index >= 15 is 0 Å². The Morgan fingerprint density at radius 2 is 2.11 bits per heavy atom. The summed E-state index contributed by atoms with van der Waals surface area (Å²) in [6.07, 6.45) is 0. The summed E-state index contributed by atoms with van der Waals surface area (Å²) in [4.78, 5) is 14.3. The standard InChI is InChI=1S/C12H10ClFN2O2/c1-6(2)7-5-8-10(16(17)18)4-3-9(14)11(8)15-12(7)13/h3-6H,1-2H3. The summed E-state index contributed by atoms with van der Waals surface area (Å²) in [6, 6.07) is 3.70. The van der Waals surface area contributed by atoms with E-state index in [9.17, 15) is 14.5 Å². The van der Waals surface area contributed by atoms with Crippen molar-refractivity contribution in [3.05, 3.63) is 44.8 Å². The first-order valence-electron chi connectivity index (χ1n) is 5.35. The maximum atomic E-state index is 13.6. The van der Waals surface area contributed by atoms with Crippen molar-refractivity contribution in [3.63, 3.8) is 0 Å². The van der Waals surface area contributed by atoms with Gasteiger partial charge < -0.3 is 0 Å². The first-order valence-corrected chi connectivity index (χ1v) is 5.72. The molecule has 4 nitrogen and oxygen atoms in total. The third-order valence-corrected chi connectivity index (χ3v) is 3.01. The molecule has 0 saturated carbocycles. The van der Waals surface area contributed by atoms with Gasteiger partial charge >= 0.3 is 0 Å². The minimum absolute atomic E-state index is 0.0530. The molecule has 2 rings (SSSR count). The van der Waals surface area contributed by atoms with Crippen LogP contribution >= 0.6 is 11.6 Å². The molecule has 0 aliphatic carbocycles. The third kappa shape index (κ3) is 2.01. The second-order valence-corrected chi connectivity index (χ2v) is 4.60. The maximum absolute atomic E-state index is 13.6. The highest BCUT2D eigenvalue weighted by atomic mass is 35.5. The monoisotopic (exact) mass is 268 g/mol. The van der Waals surface area contributed by atoms with E-state index in [2.05, 4.69) is 4.98 Å². The number of non-ortho nitro benzene ring substituents is 1. The molecule has 94 valence electrons. The van der Waals surface area contributed by atoms with Crippen molar-refractivity contribution in [2.45, 2.75) is 19.8 Å². The van der Waals surface area contributed by atoms with Gasteiger partial charge in [0.15, 0.2) is 0 Å². The lowest BCUT2D eigenvalue weighted by Crippen LogP contribution is -1.97. The van der Waals surface area contributed by atoms with Crippen LogP contribution in [-0.2, 0) is 0 Å².